The van der Waals surface area contributed by atoms with Crippen LogP contribution < -0.4 is 10.6 Å². The highest BCUT2D eigenvalue weighted by Crippen LogP contribution is 2.59. The second-order valence-corrected chi connectivity index (χ2v) is 11.3. The smallest absolute Gasteiger partial charge is 0.170 e. The second kappa shape index (κ2) is 12.7. The summed E-state index contributed by atoms with van der Waals surface area (Å²) in [7, 11) is -3.35. The normalized spacial score (nSPS) is 13.9. The predicted molar refractivity (Wildman–Crippen MR) is 146 cm³/mol. The molecule has 0 bridgehead atoms. The Hall–Kier alpha value is -2.67. The molecule has 1 unspecified atom stereocenters. The van der Waals surface area contributed by atoms with Crippen molar-refractivity contribution in [2.24, 2.45) is 0 Å². The van der Waals surface area contributed by atoms with E-state index in [1.807, 2.05) is 91.0 Å². The number of rotatable bonds is 11. The third-order valence-corrected chi connectivity index (χ3v) is 9.51. The minimum Gasteiger partial charge on any atom is -0.383 e. The fourth-order valence-corrected chi connectivity index (χ4v) is 7.73. The Kier molecular flexibility index (Phi) is 9.69. The van der Waals surface area contributed by atoms with Crippen molar-refractivity contribution >= 4 is 17.8 Å². The van der Waals surface area contributed by atoms with Crippen LogP contribution in [0, 0.1) is 0 Å². The molecular formula is C31H37O2P. The van der Waals surface area contributed by atoms with Crippen molar-refractivity contribution in [2.75, 3.05) is 0 Å². The third-order valence-electron chi connectivity index (χ3n) is 6.26. The van der Waals surface area contributed by atoms with E-state index in [4.69, 9.17) is 0 Å². The van der Waals surface area contributed by atoms with Crippen LogP contribution in [0.4, 0.5) is 0 Å². The molecule has 0 saturated heterocycles. The van der Waals surface area contributed by atoms with Crippen LogP contribution in [0.3, 0.4) is 0 Å². The minimum absolute atomic E-state index is 0.658. The summed E-state index contributed by atoms with van der Waals surface area (Å²) in [6.07, 6.45) is 5.80. The Bertz CT molecular complexity index is 1090. The van der Waals surface area contributed by atoms with Gasteiger partial charge in [-0.2, -0.15) is 0 Å². The first-order valence-corrected chi connectivity index (χ1v) is 14.2. The Morgan fingerprint density at radius 1 is 0.824 bits per heavy atom. The lowest BCUT2D eigenvalue weighted by Gasteiger charge is -2.30. The zero-order chi connectivity index (χ0) is 24.4. The van der Waals surface area contributed by atoms with Crippen LogP contribution in [0.25, 0.3) is 0 Å². The monoisotopic (exact) mass is 472 g/mol. The zero-order valence-electron chi connectivity index (χ0n) is 20.7. The van der Waals surface area contributed by atoms with Gasteiger partial charge in [-0.1, -0.05) is 124 Å². The molecule has 3 heteroatoms. The summed E-state index contributed by atoms with van der Waals surface area (Å²) >= 11 is 0. The summed E-state index contributed by atoms with van der Waals surface area (Å²) in [5.41, 5.74) is 3.01. The van der Waals surface area contributed by atoms with Gasteiger partial charge in [0.2, 0.25) is 0 Å². The highest BCUT2D eigenvalue weighted by Gasteiger charge is 2.38. The first kappa shape index (κ1) is 25.9. The van der Waals surface area contributed by atoms with E-state index in [9.17, 15) is 5.11 Å². The number of unbranched alkanes of at least 4 members (excludes halogenated alkanes) is 1. The lowest BCUT2D eigenvalue weighted by Crippen LogP contribution is -2.22. The van der Waals surface area contributed by atoms with Crippen LogP contribution in [-0.2, 0) is 4.57 Å². The van der Waals surface area contributed by atoms with Gasteiger partial charge in [0.1, 0.15) is 6.10 Å². The minimum atomic E-state index is -3.35. The number of hydrogen-bond donors (Lipinski definition) is 1. The summed E-state index contributed by atoms with van der Waals surface area (Å²) < 4.78 is 15.5. The molecule has 0 aromatic heterocycles. The Morgan fingerprint density at radius 2 is 1.32 bits per heavy atom. The third kappa shape index (κ3) is 5.69. The topological polar surface area (TPSA) is 37.3 Å². The summed E-state index contributed by atoms with van der Waals surface area (Å²) in [6.45, 7) is 6.46. The maximum Gasteiger partial charge on any atom is 0.170 e. The molecule has 0 aliphatic heterocycles. The molecule has 0 radical (unpaired) electrons. The van der Waals surface area contributed by atoms with E-state index in [-0.39, 0.29) is 0 Å². The van der Waals surface area contributed by atoms with Crippen molar-refractivity contribution < 1.29 is 9.67 Å². The highest BCUT2D eigenvalue weighted by molar-refractivity contribution is 7.82. The van der Waals surface area contributed by atoms with Gasteiger partial charge in [-0.25, -0.2) is 0 Å². The van der Waals surface area contributed by atoms with Gasteiger partial charge in [0.15, 0.2) is 7.14 Å². The van der Waals surface area contributed by atoms with E-state index >= 15 is 4.57 Å². The van der Waals surface area contributed by atoms with E-state index in [0.29, 0.717) is 5.31 Å². The molecule has 0 aliphatic carbocycles. The van der Waals surface area contributed by atoms with Gasteiger partial charge >= 0.3 is 0 Å². The van der Waals surface area contributed by atoms with Crippen molar-refractivity contribution in [2.45, 2.75) is 59.0 Å². The van der Waals surface area contributed by atoms with Crippen LogP contribution in [0.2, 0.25) is 0 Å². The van der Waals surface area contributed by atoms with E-state index in [1.54, 1.807) is 0 Å². The van der Waals surface area contributed by atoms with Gasteiger partial charge in [-0.05, 0) is 42.4 Å². The van der Waals surface area contributed by atoms with Crippen LogP contribution in [-0.4, -0.2) is 5.11 Å². The Balaban J connectivity index is 2.46. The molecule has 34 heavy (non-hydrogen) atoms. The molecule has 0 fully saturated rings. The highest BCUT2D eigenvalue weighted by atomic mass is 31.2. The predicted octanol–water partition coefficient (Wildman–Crippen LogP) is 7.92. The molecule has 1 N–H and O–H groups in total. The first-order chi connectivity index (χ1) is 16.6. The zero-order valence-corrected chi connectivity index (χ0v) is 21.5. The summed E-state index contributed by atoms with van der Waals surface area (Å²) in [5, 5.41) is 14.1. The van der Waals surface area contributed by atoms with Gasteiger partial charge in [0.25, 0.3) is 0 Å². The van der Waals surface area contributed by atoms with Crippen molar-refractivity contribution in [1.29, 1.82) is 0 Å². The molecule has 0 spiro atoms. The van der Waals surface area contributed by atoms with E-state index in [1.165, 1.54) is 5.57 Å². The summed E-state index contributed by atoms with van der Waals surface area (Å²) in [5.74, 6) is 0. The Labute approximate surface area is 205 Å². The quantitative estimate of drug-likeness (QED) is 0.227. The number of allylic oxidation sites excluding steroid dienone is 3. The standard InChI is InChI=1S/C31H37O2P/c1-4-7-24-29(25(6-3)17-5-2)31(30(32)26-18-11-8-12-19-26)34(33,27-20-13-9-14-21-27)28-22-15-10-16-23-28/h8-23,30,32H,4-7,24H2,1-3H3/b25-17+,31-29+. The van der Waals surface area contributed by atoms with Crippen LogP contribution in [0.15, 0.2) is 114 Å². The van der Waals surface area contributed by atoms with Crippen LogP contribution in [0.1, 0.15) is 64.5 Å². The van der Waals surface area contributed by atoms with Crippen molar-refractivity contribution in [3.63, 3.8) is 0 Å². The molecule has 3 aromatic rings. The van der Waals surface area contributed by atoms with Crippen LogP contribution >= 0.6 is 7.14 Å². The van der Waals surface area contributed by atoms with Gasteiger partial charge < -0.3 is 9.67 Å². The number of hydrogen-bond acceptors (Lipinski definition) is 2. The second-order valence-electron chi connectivity index (χ2n) is 8.55. The van der Waals surface area contributed by atoms with Gasteiger partial charge in [0, 0.05) is 15.9 Å². The van der Waals surface area contributed by atoms with Crippen LogP contribution in [0.5, 0.6) is 0 Å². The SMILES string of the molecule is CC/C=C(CC)/C(CCCC)=C(\C(O)c1ccccc1)P(=O)(c1ccccc1)c1ccccc1. The van der Waals surface area contributed by atoms with E-state index < -0.39 is 13.2 Å². The average molecular weight is 473 g/mol. The molecule has 2 nitrogen and oxygen atoms in total. The Morgan fingerprint density at radius 3 is 1.76 bits per heavy atom. The van der Waals surface area contributed by atoms with Gasteiger partial charge in [0.05, 0.1) is 0 Å². The lowest BCUT2D eigenvalue weighted by atomic mass is 9.94. The van der Waals surface area contributed by atoms with Gasteiger partial charge in [-0.15, -0.1) is 0 Å². The fraction of sp³-hybridized carbons (Fsp3) is 0.290. The van der Waals surface area contributed by atoms with E-state index in [2.05, 4.69) is 26.8 Å². The maximum atomic E-state index is 15.5. The molecule has 3 rings (SSSR count). The molecule has 1 atom stereocenters. The number of aliphatic hydroxyl groups is 1. The van der Waals surface area contributed by atoms with Crippen molar-refractivity contribution in [3.05, 3.63) is 119 Å². The molecular weight excluding hydrogens is 435 g/mol. The summed E-state index contributed by atoms with van der Waals surface area (Å²) in [6, 6.07) is 29.1. The largest absolute Gasteiger partial charge is 0.383 e. The first-order valence-electron chi connectivity index (χ1n) is 12.4. The number of benzene rings is 3. The molecule has 0 aliphatic rings. The van der Waals surface area contributed by atoms with Crippen molar-refractivity contribution in [1.82, 2.24) is 0 Å². The molecule has 0 saturated carbocycles. The molecule has 3 aromatic carbocycles. The van der Waals surface area contributed by atoms with E-state index in [0.717, 1.165) is 53.8 Å². The van der Waals surface area contributed by atoms with Gasteiger partial charge in [-0.3, -0.25) is 0 Å². The molecule has 178 valence electrons. The summed E-state index contributed by atoms with van der Waals surface area (Å²) in [4.78, 5) is 0. The fourth-order valence-electron chi connectivity index (χ4n) is 4.56. The number of aliphatic hydroxyl groups excluding tert-OH is 1. The maximum absolute atomic E-state index is 15.5. The molecule has 0 heterocycles. The molecule has 0 amide bonds. The average Bonchev–Trinajstić information content (AvgIpc) is 2.90. The van der Waals surface area contributed by atoms with Crippen molar-refractivity contribution in [3.8, 4) is 0 Å². The lowest BCUT2D eigenvalue weighted by molar-refractivity contribution is 0.222.